The molecule has 0 saturated carbocycles. The van der Waals surface area contributed by atoms with Crippen LogP contribution >= 0.6 is 0 Å². The van der Waals surface area contributed by atoms with Gasteiger partial charge in [-0.25, -0.2) is 4.98 Å². The van der Waals surface area contributed by atoms with Crippen molar-refractivity contribution < 1.29 is 4.74 Å². The van der Waals surface area contributed by atoms with Crippen molar-refractivity contribution in [3.63, 3.8) is 0 Å². The summed E-state index contributed by atoms with van der Waals surface area (Å²) in [5.41, 5.74) is 1.70. The Balaban J connectivity index is 1.88. The summed E-state index contributed by atoms with van der Waals surface area (Å²) in [7, 11) is 0. The lowest BCUT2D eigenvalue weighted by molar-refractivity contribution is 0.00565. The predicted octanol–water partition coefficient (Wildman–Crippen LogP) is 3.63. The van der Waals surface area contributed by atoms with Crippen molar-refractivity contribution in [2.75, 3.05) is 6.61 Å². The average molecular weight is 320 g/mol. The van der Waals surface area contributed by atoms with E-state index >= 15 is 0 Å². The van der Waals surface area contributed by atoms with Crippen LogP contribution in [0.15, 0.2) is 59.4 Å². The molecular formula is C20H20N2O2. The zero-order valence-electron chi connectivity index (χ0n) is 13.5. The topological polar surface area (TPSA) is 44.1 Å². The Bertz CT molecular complexity index is 896. The van der Waals surface area contributed by atoms with Crippen molar-refractivity contribution in [1.82, 2.24) is 9.55 Å². The first-order valence-electron chi connectivity index (χ1n) is 8.49. The molecule has 0 N–H and O–H groups in total. The monoisotopic (exact) mass is 320 g/mol. The number of hydrogen-bond donors (Lipinski definition) is 0. The first kappa shape index (κ1) is 15.1. The molecule has 4 heteroatoms. The van der Waals surface area contributed by atoms with Crippen molar-refractivity contribution in [3.8, 4) is 11.4 Å². The number of ether oxygens (including phenoxy) is 1. The SMILES string of the molecule is O=c1c2ccccc2nc(-c2ccccc2)n1CC1CCCCO1. The van der Waals surface area contributed by atoms with Crippen molar-refractivity contribution >= 4 is 10.9 Å². The molecule has 1 aliphatic heterocycles. The minimum absolute atomic E-state index is 0.00799. The van der Waals surface area contributed by atoms with E-state index in [1.807, 2.05) is 54.6 Å². The number of rotatable bonds is 3. The Morgan fingerprint density at radius 2 is 1.83 bits per heavy atom. The molecule has 2 heterocycles. The van der Waals surface area contributed by atoms with Crippen LogP contribution in [0.2, 0.25) is 0 Å². The summed E-state index contributed by atoms with van der Waals surface area (Å²) in [6.45, 7) is 1.34. The van der Waals surface area contributed by atoms with Crippen LogP contribution in [-0.4, -0.2) is 22.3 Å². The smallest absolute Gasteiger partial charge is 0.261 e. The summed E-state index contributed by atoms with van der Waals surface area (Å²) in [6, 6.07) is 17.4. The highest BCUT2D eigenvalue weighted by Gasteiger charge is 2.19. The summed E-state index contributed by atoms with van der Waals surface area (Å²) in [4.78, 5) is 17.8. The van der Waals surface area contributed by atoms with Gasteiger partial charge in [0.1, 0.15) is 5.82 Å². The number of benzene rings is 2. The summed E-state index contributed by atoms with van der Waals surface area (Å²) < 4.78 is 7.64. The number of aromatic nitrogens is 2. The molecule has 1 aliphatic rings. The fraction of sp³-hybridized carbons (Fsp3) is 0.300. The molecule has 4 rings (SSSR count). The minimum Gasteiger partial charge on any atom is -0.376 e. The Kier molecular flexibility index (Phi) is 4.13. The molecule has 0 radical (unpaired) electrons. The summed E-state index contributed by atoms with van der Waals surface area (Å²) >= 11 is 0. The lowest BCUT2D eigenvalue weighted by Gasteiger charge is -2.24. The molecule has 4 nitrogen and oxygen atoms in total. The van der Waals surface area contributed by atoms with E-state index < -0.39 is 0 Å². The third kappa shape index (κ3) is 2.85. The van der Waals surface area contributed by atoms with Gasteiger partial charge in [0.15, 0.2) is 0 Å². The molecule has 0 bridgehead atoms. The lowest BCUT2D eigenvalue weighted by atomic mass is 10.1. The van der Waals surface area contributed by atoms with E-state index in [4.69, 9.17) is 9.72 Å². The third-order valence-corrected chi connectivity index (χ3v) is 4.55. The van der Waals surface area contributed by atoms with Crippen LogP contribution in [0.5, 0.6) is 0 Å². The highest BCUT2D eigenvalue weighted by molar-refractivity contribution is 5.79. The molecule has 24 heavy (non-hydrogen) atoms. The quantitative estimate of drug-likeness (QED) is 0.740. The average Bonchev–Trinajstić information content (AvgIpc) is 2.65. The fourth-order valence-corrected chi connectivity index (χ4v) is 3.30. The number of hydrogen-bond acceptors (Lipinski definition) is 3. The second-order valence-corrected chi connectivity index (χ2v) is 6.22. The van der Waals surface area contributed by atoms with Gasteiger partial charge in [0.05, 0.1) is 23.6 Å². The van der Waals surface area contributed by atoms with E-state index in [1.165, 1.54) is 0 Å². The largest absolute Gasteiger partial charge is 0.376 e. The van der Waals surface area contributed by atoms with Crippen molar-refractivity contribution in [2.24, 2.45) is 0 Å². The molecule has 122 valence electrons. The van der Waals surface area contributed by atoms with Gasteiger partial charge in [0.25, 0.3) is 5.56 Å². The second kappa shape index (κ2) is 6.57. The maximum Gasteiger partial charge on any atom is 0.261 e. The fourth-order valence-electron chi connectivity index (χ4n) is 3.30. The molecule has 1 fully saturated rings. The van der Waals surface area contributed by atoms with Gasteiger partial charge in [-0.3, -0.25) is 9.36 Å². The normalized spacial score (nSPS) is 17.9. The maximum atomic E-state index is 13.1. The zero-order valence-corrected chi connectivity index (χ0v) is 13.5. The number of fused-ring (bicyclic) bond motifs is 1. The first-order valence-corrected chi connectivity index (χ1v) is 8.49. The molecule has 0 amide bonds. The molecule has 1 atom stereocenters. The van der Waals surface area contributed by atoms with Gasteiger partial charge in [-0.2, -0.15) is 0 Å². The van der Waals surface area contributed by atoms with E-state index in [2.05, 4.69) is 0 Å². The van der Waals surface area contributed by atoms with Gasteiger partial charge < -0.3 is 4.74 Å². The summed E-state index contributed by atoms with van der Waals surface area (Å²) in [5.74, 6) is 0.716. The zero-order chi connectivity index (χ0) is 16.4. The maximum absolute atomic E-state index is 13.1. The number of para-hydroxylation sites is 1. The lowest BCUT2D eigenvalue weighted by Crippen LogP contribution is -2.32. The van der Waals surface area contributed by atoms with Crippen molar-refractivity contribution in [2.45, 2.75) is 31.9 Å². The van der Waals surface area contributed by atoms with E-state index in [0.29, 0.717) is 17.8 Å². The van der Waals surface area contributed by atoms with Gasteiger partial charge >= 0.3 is 0 Å². The molecule has 3 aromatic rings. The minimum atomic E-state index is 0.00799. The van der Waals surface area contributed by atoms with Crippen LogP contribution in [0.4, 0.5) is 0 Å². The van der Waals surface area contributed by atoms with Gasteiger partial charge in [0.2, 0.25) is 0 Å². The van der Waals surface area contributed by atoms with Crippen LogP contribution < -0.4 is 5.56 Å². The molecule has 0 spiro atoms. The van der Waals surface area contributed by atoms with E-state index in [-0.39, 0.29) is 11.7 Å². The van der Waals surface area contributed by atoms with Crippen LogP contribution in [-0.2, 0) is 11.3 Å². The Morgan fingerprint density at radius 1 is 1.04 bits per heavy atom. The van der Waals surface area contributed by atoms with Crippen LogP contribution in [0, 0.1) is 0 Å². The second-order valence-electron chi connectivity index (χ2n) is 6.22. The molecule has 1 aromatic heterocycles. The molecule has 1 unspecified atom stereocenters. The molecule has 1 saturated heterocycles. The van der Waals surface area contributed by atoms with Crippen LogP contribution in [0.1, 0.15) is 19.3 Å². The predicted molar refractivity (Wildman–Crippen MR) is 95.0 cm³/mol. The van der Waals surface area contributed by atoms with E-state index in [9.17, 15) is 4.79 Å². The Hall–Kier alpha value is -2.46. The molecular weight excluding hydrogens is 300 g/mol. The van der Waals surface area contributed by atoms with Gasteiger partial charge in [0, 0.05) is 12.2 Å². The van der Waals surface area contributed by atoms with E-state index in [1.54, 1.807) is 4.57 Å². The molecule has 2 aromatic carbocycles. The van der Waals surface area contributed by atoms with Gasteiger partial charge in [-0.05, 0) is 31.4 Å². The third-order valence-electron chi connectivity index (χ3n) is 4.55. The number of nitrogens with zero attached hydrogens (tertiary/aromatic N) is 2. The molecule has 0 aliphatic carbocycles. The van der Waals surface area contributed by atoms with Crippen LogP contribution in [0.25, 0.3) is 22.3 Å². The van der Waals surface area contributed by atoms with E-state index in [0.717, 1.165) is 36.9 Å². The van der Waals surface area contributed by atoms with Gasteiger partial charge in [-0.15, -0.1) is 0 Å². The van der Waals surface area contributed by atoms with Crippen LogP contribution in [0.3, 0.4) is 0 Å². The summed E-state index contributed by atoms with van der Waals surface area (Å²) in [5, 5.41) is 0.660. The Morgan fingerprint density at radius 3 is 2.62 bits per heavy atom. The highest BCUT2D eigenvalue weighted by Crippen LogP contribution is 2.21. The Labute approximate surface area is 140 Å². The standard InChI is InChI=1S/C20H20N2O2/c23-20-17-11-4-5-12-18(17)21-19(15-8-2-1-3-9-15)22(20)14-16-10-6-7-13-24-16/h1-5,8-9,11-12,16H,6-7,10,13-14H2. The van der Waals surface area contributed by atoms with Gasteiger partial charge in [-0.1, -0.05) is 42.5 Å². The van der Waals surface area contributed by atoms with Crippen molar-refractivity contribution in [1.29, 1.82) is 0 Å². The summed E-state index contributed by atoms with van der Waals surface area (Å²) in [6.07, 6.45) is 3.34. The van der Waals surface area contributed by atoms with Crippen molar-refractivity contribution in [3.05, 3.63) is 65.0 Å². The first-order chi connectivity index (χ1) is 11.8. The highest BCUT2D eigenvalue weighted by atomic mass is 16.5.